The molecule has 1 nitrogen and oxygen atoms in total. The van der Waals surface area contributed by atoms with E-state index in [0.717, 1.165) is 23.6 Å². The number of hydrogen-bond donors (Lipinski definition) is 1. The molecule has 0 fully saturated rings. The lowest BCUT2D eigenvalue weighted by Gasteiger charge is -2.12. The lowest BCUT2D eigenvalue weighted by molar-refractivity contribution is 0.690. The van der Waals surface area contributed by atoms with Crippen LogP contribution in [0.2, 0.25) is 5.02 Å². The molecule has 1 aromatic carbocycles. The Labute approximate surface area is 111 Å². The maximum atomic E-state index is 6.25. The molecule has 0 bridgehead atoms. The van der Waals surface area contributed by atoms with E-state index in [-0.39, 0.29) is 0 Å². The van der Waals surface area contributed by atoms with Gasteiger partial charge in [-0.25, -0.2) is 0 Å². The summed E-state index contributed by atoms with van der Waals surface area (Å²) in [5.74, 6) is 0.482. The minimum Gasteiger partial charge on any atom is -0.330 e. The lowest BCUT2D eigenvalue weighted by atomic mass is 9.96. The van der Waals surface area contributed by atoms with Gasteiger partial charge in [-0.1, -0.05) is 30.7 Å². The average molecular weight is 266 g/mol. The van der Waals surface area contributed by atoms with Crippen LogP contribution < -0.4 is 5.73 Å². The zero-order valence-electron chi connectivity index (χ0n) is 9.82. The summed E-state index contributed by atoms with van der Waals surface area (Å²) in [7, 11) is 0. The first-order valence-corrected chi connectivity index (χ1v) is 7.01. The maximum absolute atomic E-state index is 6.25. The van der Waals surface area contributed by atoms with Crippen LogP contribution in [-0.4, -0.2) is 6.54 Å². The van der Waals surface area contributed by atoms with Gasteiger partial charge in [0.05, 0.1) is 0 Å². The van der Waals surface area contributed by atoms with E-state index in [4.69, 9.17) is 17.3 Å². The average Bonchev–Trinajstić information content (AvgIpc) is 2.83. The largest absolute Gasteiger partial charge is 0.330 e. The first kappa shape index (κ1) is 12.6. The molecule has 1 atom stereocenters. The van der Waals surface area contributed by atoms with E-state index in [0.29, 0.717) is 5.92 Å². The summed E-state index contributed by atoms with van der Waals surface area (Å²) in [6, 6.07) is 10.4. The Morgan fingerprint density at radius 3 is 2.82 bits per heavy atom. The Hall–Kier alpha value is -0.830. The van der Waals surface area contributed by atoms with Gasteiger partial charge in [0, 0.05) is 15.5 Å². The smallest absolute Gasteiger partial charge is 0.0492 e. The normalized spacial score (nSPS) is 12.6. The van der Waals surface area contributed by atoms with Crippen molar-refractivity contribution in [1.29, 1.82) is 0 Å². The van der Waals surface area contributed by atoms with Crippen LogP contribution >= 0.6 is 22.9 Å². The molecule has 0 saturated carbocycles. The second-order valence-electron chi connectivity index (χ2n) is 4.19. The van der Waals surface area contributed by atoms with Crippen molar-refractivity contribution in [2.45, 2.75) is 19.3 Å². The molecule has 0 aliphatic heterocycles. The summed E-state index contributed by atoms with van der Waals surface area (Å²) in [6.45, 7) is 2.92. The Morgan fingerprint density at radius 1 is 1.35 bits per heavy atom. The third-order valence-electron chi connectivity index (χ3n) is 2.95. The van der Waals surface area contributed by atoms with Crippen LogP contribution in [0.25, 0.3) is 10.4 Å². The molecule has 1 aromatic heterocycles. The summed E-state index contributed by atoms with van der Waals surface area (Å²) < 4.78 is 0. The molecule has 0 amide bonds. The maximum Gasteiger partial charge on any atom is 0.0492 e. The Morgan fingerprint density at radius 2 is 2.18 bits per heavy atom. The predicted molar refractivity (Wildman–Crippen MR) is 76.9 cm³/mol. The molecule has 3 heteroatoms. The van der Waals surface area contributed by atoms with E-state index in [1.807, 2.05) is 12.1 Å². The second kappa shape index (κ2) is 5.67. The van der Waals surface area contributed by atoms with Crippen molar-refractivity contribution in [3.63, 3.8) is 0 Å². The number of benzene rings is 1. The van der Waals surface area contributed by atoms with Crippen LogP contribution in [0, 0.1) is 0 Å². The molecular weight excluding hydrogens is 250 g/mol. The van der Waals surface area contributed by atoms with Gasteiger partial charge in [-0.3, -0.25) is 0 Å². The first-order chi connectivity index (χ1) is 8.22. The van der Waals surface area contributed by atoms with Crippen LogP contribution in [0.4, 0.5) is 0 Å². The zero-order valence-corrected chi connectivity index (χ0v) is 11.4. The van der Waals surface area contributed by atoms with Crippen LogP contribution in [-0.2, 0) is 0 Å². The fraction of sp³-hybridized carbons (Fsp3) is 0.286. The van der Waals surface area contributed by atoms with Gasteiger partial charge >= 0.3 is 0 Å². The van der Waals surface area contributed by atoms with E-state index >= 15 is 0 Å². The van der Waals surface area contributed by atoms with Gasteiger partial charge in [0.2, 0.25) is 0 Å². The number of rotatable bonds is 4. The van der Waals surface area contributed by atoms with Crippen molar-refractivity contribution in [2.75, 3.05) is 6.54 Å². The van der Waals surface area contributed by atoms with Crippen molar-refractivity contribution in [3.05, 3.63) is 46.3 Å². The monoisotopic (exact) mass is 265 g/mol. The number of halogens is 1. The fourth-order valence-corrected chi connectivity index (χ4v) is 2.92. The van der Waals surface area contributed by atoms with Gasteiger partial charge in [0.1, 0.15) is 0 Å². The van der Waals surface area contributed by atoms with E-state index in [1.54, 1.807) is 11.3 Å². The summed E-state index contributed by atoms with van der Waals surface area (Å²) in [5.41, 5.74) is 8.04. The molecule has 0 spiro atoms. The summed E-state index contributed by atoms with van der Waals surface area (Å²) in [6.07, 6.45) is 1.01. The molecule has 1 heterocycles. The Bertz CT molecular complexity index is 479. The van der Waals surface area contributed by atoms with Crippen LogP contribution in [0.1, 0.15) is 24.8 Å². The summed E-state index contributed by atoms with van der Waals surface area (Å²) >= 11 is 7.97. The lowest BCUT2D eigenvalue weighted by Crippen LogP contribution is -2.04. The fourth-order valence-electron chi connectivity index (χ4n) is 1.89. The van der Waals surface area contributed by atoms with E-state index in [2.05, 4.69) is 30.5 Å². The van der Waals surface area contributed by atoms with Gasteiger partial charge in [0.15, 0.2) is 0 Å². The van der Waals surface area contributed by atoms with Crippen LogP contribution in [0.3, 0.4) is 0 Å². The third-order valence-corrected chi connectivity index (χ3v) is 4.18. The highest BCUT2D eigenvalue weighted by Gasteiger charge is 2.09. The van der Waals surface area contributed by atoms with Gasteiger partial charge in [-0.15, -0.1) is 11.3 Å². The highest BCUT2D eigenvalue weighted by atomic mass is 35.5. The molecule has 17 heavy (non-hydrogen) atoms. The van der Waals surface area contributed by atoms with Crippen molar-refractivity contribution in [2.24, 2.45) is 5.73 Å². The Balaban J connectivity index is 2.36. The van der Waals surface area contributed by atoms with Crippen molar-refractivity contribution in [3.8, 4) is 10.4 Å². The third kappa shape index (κ3) is 2.89. The van der Waals surface area contributed by atoms with Gasteiger partial charge in [-0.2, -0.15) is 0 Å². The van der Waals surface area contributed by atoms with Crippen molar-refractivity contribution in [1.82, 2.24) is 0 Å². The minimum absolute atomic E-state index is 0.482. The standard InChI is InChI=1S/C14H16ClNS/c1-10(6-7-16)11-4-5-13(15)12(9-11)14-3-2-8-17-14/h2-5,8-10H,6-7,16H2,1H3. The minimum atomic E-state index is 0.482. The SMILES string of the molecule is CC(CCN)c1ccc(Cl)c(-c2cccs2)c1. The molecule has 2 N–H and O–H groups in total. The highest BCUT2D eigenvalue weighted by molar-refractivity contribution is 7.13. The predicted octanol–water partition coefficient (Wildman–Crippen LogP) is 4.52. The number of thiophene rings is 1. The molecule has 90 valence electrons. The topological polar surface area (TPSA) is 26.0 Å². The van der Waals surface area contributed by atoms with Crippen LogP contribution in [0.15, 0.2) is 35.7 Å². The van der Waals surface area contributed by atoms with Gasteiger partial charge in [-0.05, 0) is 48.0 Å². The van der Waals surface area contributed by atoms with Crippen LogP contribution in [0.5, 0.6) is 0 Å². The number of hydrogen-bond acceptors (Lipinski definition) is 2. The van der Waals surface area contributed by atoms with Gasteiger partial charge < -0.3 is 5.73 Å². The highest BCUT2D eigenvalue weighted by Crippen LogP contribution is 2.34. The molecule has 2 rings (SSSR count). The van der Waals surface area contributed by atoms with E-state index in [1.165, 1.54) is 10.4 Å². The number of nitrogens with two attached hydrogens (primary N) is 1. The van der Waals surface area contributed by atoms with Crippen molar-refractivity contribution < 1.29 is 0 Å². The molecule has 2 aromatic rings. The second-order valence-corrected chi connectivity index (χ2v) is 5.55. The van der Waals surface area contributed by atoms with Crippen molar-refractivity contribution >= 4 is 22.9 Å². The summed E-state index contributed by atoms with van der Waals surface area (Å²) in [5, 5.41) is 2.89. The summed E-state index contributed by atoms with van der Waals surface area (Å²) in [4.78, 5) is 1.22. The molecule has 0 radical (unpaired) electrons. The van der Waals surface area contributed by atoms with Gasteiger partial charge in [0.25, 0.3) is 0 Å². The zero-order chi connectivity index (χ0) is 12.3. The molecule has 0 aliphatic rings. The molecule has 0 saturated heterocycles. The first-order valence-electron chi connectivity index (χ1n) is 5.75. The molecule has 0 aliphatic carbocycles. The Kier molecular flexibility index (Phi) is 4.21. The molecule has 1 unspecified atom stereocenters. The van der Waals surface area contributed by atoms with E-state index < -0.39 is 0 Å². The quantitative estimate of drug-likeness (QED) is 0.864. The molecular formula is C14H16ClNS. The van der Waals surface area contributed by atoms with E-state index in [9.17, 15) is 0 Å².